The van der Waals surface area contributed by atoms with Crippen molar-refractivity contribution in [2.75, 3.05) is 18.5 Å². The summed E-state index contributed by atoms with van der Waals surface area (Å²) in [7, 11) is 0. The minimum Gasteiger partial charge on any atom is -0.376 e. The number of hydrogen-bond donors (Lipinski definition) is 2. The molecule has 2 N–H and O–H groups in total. The van der Waals surface area contributed by atoms with Crippen molar-refractivity contribution in [3.05, 3.63) is 74.3 Å². The Kier molecular flexibility index (Phi) is 6.74. The number of benzene rings is 1. The molecule has 1 aliphatic heterocycles. The Morgan fingerprint density at radius 2 is 1.91 bits per heavy atom. The number of nitrogens with one attached hydrogen (secondary N) is 2. The average molecular weight is 497 g/mol. The minimum atomic E-state index is -0.696. The maximum Gasteiger partial charge on any atom is 0.280 e. The largest absolute Gasteiger partial charge is 0.376 e. The van der Waals surface area contributed by atoms with Crippen LogP contribution in [-0.4, -0.2) is 40.9 Å². The lowest BCUT2D eigenvalue weighted by Gasteiger charge is -2.15. The van der Waals surface area contributed by atoms with Gasteiger partial charge in [0.2, 0.25) is 5.43 Å². The number of fused-ring (bicyclic) bond motifs is 1. The van der Waals surface area contributed by atoms with Crippen molar-refractivity contribution in [1.29, 1.82) is 0 Å². The molecule has 1 fully saturated rings. The molecule has 1 aliphatic carbocycles. The standard InChI is InChI=1S/C25H25FN4O4S/c26-15-7-9-16(10-8-15)30-12-11-19(31)22(29-30)24(33)28-25-21(18-5-1-2-6-20(18)35-25)23(32)27-14-17-4-3-13-34-17/h7-12,17H,1-6,13-14H2,(H,27,32)(H,28,33)/t17-/m0/s1. The molecule has 2 aromatic heterocycles. The first-order chi connectivity index (χ1) is 17.0. The SMILES string of the molecule is O=C(NC[C@@H]1CCCO1)c1c(NC(=O)c2nn(-c3ccc(F)cc3)ccc2=O)sc2c1CCCC2. The second kappa shape index (κ2) is 10.1. The van der Waals surface area contributed by atoms with E-state index in [2.05, 4.69) is 15.7 Å². The predicted octanol–water partition coefficient (Wildman–Crippen LogP) is 3.47. The molecule has 182 valence electrons. The van der Waals surface area contributed by atoms with Gasteiger partial charge in [0.1, 0.15) is 10.8 Å². The van der Waals surface area contributed by atoms with Crippen molar-refractivity contribution in [3.8, 4) is 5.69 Å². The van der Waals surface area contributed by atoms with E-state index < -0.39 is 17.2 Å². The molecule has 1 saturated heterocycles. The lowest BCUT2D eigenvalue weighted by atomic mass is 9.95. The first kappa shape index (κ1) is 23.4. The molecular weight excluding hydrogens is 471 g/mol. The van der Waals surface area contributed by atoms with Crippen LogP contribution in [0.25, 0.3) is 5.69 Å². The van der Waals surface area contributed by atoms with E-state index in [0.717, 1.165) is 49.0 Å². The number of halogens is 1. The van der Waals surface area contributed by atoms with Gasteiger partial charge in [-0.1, -0.05) is 0 Å². The summed E-state index contributed by atoms with van der Waals surface area (Å²) in [5, 5.41) is 10.3. The number of carbonyl (C=O) groups excluding carboxylic acids is 2. The molecule has 5 rings (SSSR count). The fraction of sp³-hybridized carbons (Fsp3) is 0.360. The summed E-state index contributed by atoms with van der Waals surface area (Å²) in [6, 6.07) is 6.77. The van der Waals surface area contributed by atoms with Crippen LogP contribution in [0.2, 0.25) is 0 Å². The van der Waals surface area contributed by atoms with Crippen molar-refractivity contribution in [3.63, 3.8) is 0 Å². The molecule has 1 atom stereocenters. The molecule has 10 heteroatoms. The fourth-order valence-electron chi connectivity index (χ4n) is 4.46. The number of hydrogen-bond acceptors (Lipinski definition) is 6. The van der Waals surface area contributed by atoms with E-state index in [1.807, 2.05) is 0 Å². The van der Waals surface area contributed by atoms with Crippen LogP contribution in [0.3, 0.4) is 0 Å². The van der Waals surface area contributed by atoms with Crippen LogP contribution >= 0.6 is 11.3 Å². The summed E-state index contributed by atoms with van der Waals surface area (Å²) in [5.74, 6) is -1.35. The third-order valence-corrected chi connectivity index (χ3v) is 7.46. The number of amides is 2. The van der Waals surface area contributed by atoms with Gasteiger partial charge < -0.3 is 15.4 Å². The Balaban J connectivity index is 1.41. The third kappa shape index (κ3) is 5.03. The second-order valence-electron chi connectivity index (χ2n) is 8.66. The highest BCUT2D eigenvalue weighted by atomic mass is 32.1. The molecule has 0 spiro atoms. The van der Waals surface area contributed by atoms with Crippen LogP contribution in [0.15, 0.2) is 41.3 Å². The number of rotatable bonds is 6. The number of aryl methyl sites for hydroxylation is 1. The Morgan fingerprint density at radius 1 is 1.11 bits per heavy atom. The number of aromatic nitrogens is 2. The molecule has 0 saturated carbocycles. The third-order valence-electron chi connectivity index (χ3n) is 6.25. The molecular formula is C25H25FN4O4S. The van der Waals surface area contributed by atoms with Crippen LogP contribution in [0.1, 0.15) is 57.0 Å². The number of ether oxygens (including phenoxy) is 1. The first-order valence-corrected chi connectivity index (χ1v) is 12.5. The lowest BCUT2D eigenvalue weighted by Crippen LogP contribution is -2.33. The first-order valence-electron chi connectivity index (χ1n) is 11.7. The van der Waals surface area contributed by atoms with Crippen LogP contribution in [-0.2, 0) is 17.6 Å². The van der Waals surface area contributed by atoms with E-state index in [0.29, 0.717) is 29.4 Å². The Morgan fingerprint density at radius 3 is 2.69 bits per heavy atom. The summed E-state index contributed by atoms with van der Waals surface area (Å²) in [5.41, 5.74) is 1.07. The molecule has 3 aromatic rings. The van der Waals surface area contributed by atoms with Crippen molar-refractivity contribution >= 4 is 28.2 Å². The molecule has 2 amide bonds. The van der Waals surface area contributed by atoms with E-state index in [9.17, 15) is 18.8 Å². The maximum absolute atomic E-state index is 13.3. The smallest absolute Gasteiger partial charge is 0.280 e. The summed E-state index contributed by atoms with van der Waals surface area (Å²) in [6.45, 7) is 1.12. The summed E-state index contributed by atoms with van der Waals surface area (Å²) < 4.78 is 20.2. The van der Waals surface area contributed by atoms with E-state index in [1.165, 1.54) is 52.5 Å². The summed E-state index contributed by atoms with van der Waals surface area (Å²) in [4.78, 5) is 39.9. The molecule has 2 aliphatic rings. The molecule has 0 unspecified atom stereocenters. The van der Waals surface area contributed by atoms with Crippen molar-refractivity contribution in [2.45, 2.75) is 44.6 Å². The van der Waals surface area contributed by atoms with Crippen molar-refractivity contribution in [1.82, 2.24) is 15.1 Å². The van der Waals surface area contributed by atoms with Gasteiger partial charge in [-0.25, -0.2) is 9.07 Å². The maximum atomic E-state index is 13.3. The molecule has 8 nitrogen and oxygen atoms in total. The topological polar surface area (TPSA) is 102 Å². The van der Waals surface area contributed by atoms with Gasteiger partial charge in [-0.3, -0.25) is 14.4 Å². The Bertz CT molecular complexity index is 1310. The van der Waals surface area contributed by atoms with E-state index in [-0.39, 0.29) is 17.7 Å². The quantitative estimate of drug-likeness (QED) is 0.544. The highest BCUT2D eigenvalue weighted by Gasteiger charge is 2.28. The molecule has 1 aromatic carbocycles. The van der Waals surface area contributed by atoms with Gasteiger partial charge in [0.05, 0.1) is 17.4 Å². The number of thiophene rings is 1. The highest BCUT2D eigenvalue weighted by molar-refractivity contribution is 7.17. The van der Waals surface area contributed by atoms with Gasteiger partial charge in [0.25, 0.3) is 11.8 Å². The summed E-state index contributed by atoms with van der Waals surface area (Å²) in [6.07, 6.45) is 6.94. The van der Waals surface area contributed by atoms with Gasteiger partial charge in [-0.2, -0.15) is 5.10 Å². The lowest BCUT2D eigenvalue weighted by molar-refractivity contribution is 0.0858. The van der Waals surface area contributed by atoms with Gasteiger partial charge >= 0.3 is 0 Å². The van der Waals surface area contributed by atoms with Crippen LogP contribution in [0.4, 0.5) is 9.39 Å². The second-order valence-corrected chi connectivity index (χ2v) is 9.77. The molecule has 3 heterocycles. The van der Waals surface area contributed by atoms with Gasteiger partial charge in [-0.15, -0.1) is 11.3 Å². The Hall–Kier alpha value is -3.37. The normalized spacial score (nSPS) is 17.1. The van der Waals surface area contributed by atoms with Crippen molar-refractivity contribution < 1.29 is 18.7 Å². The zero-order valence-corrected chi connectivity index (χ0v) is 19.8. The number of anilines is 1. The van der Waals surface area contributed by atoms with E-state index in [4.69, 9.17) is 4.74 Å². The van der Waals surface area contributed by atoms with Crippen LogP contribution < -0.4 is 16.1 Å². The van der Waals surface area contributed by atoms with Gasteiger partial charge in [0, 0.05) is 30.3 Å². The number of carbonyl (C=O) groups is 2. The zero-order valence-electron chi connectivity index (χ0n) is 19.0. The molecule has 0 radical (unpaired) electrons. The van der Waals surface area contributed by atoms with E-state index in [1.54, 1.807) is 0 Å². The van der Waals surface area contributed by atoms with Crippen LogP contribution in [0, 0.1) is 5.82 Å². The zero-order chi connectivity index (χ0) is 24.4. The predicted molar refractivity (Wildman–Crippen MR) is 130 cm³/mol. The van der Waals surface area contributed by atoms with Gasteiger partial charge in [-0.05, 0) is 68.4 Å². The Labute approximate surface area is 205 Å². The van der Waals surface area contributed by atoms with E-state index >= 15 is 0 Å². The highest BCUT2D eigenvalue weighted by Crippen LogP contribution is 2.38. The molecule has 0 bridgehead atoms. The minimum absolute atomic E-state index is 0.00454. The van der Waals surface area contributed by atoms with Crippen molar-refractivity contribution in [2.24, 2.45) is 0 Å². The average Bonchev–Trinajstić information content (AvgIpc) is 3.51. The fourth-order valence-corrected chi connectivity index (χ4v) is 5.74. The molecule has 35 heavy (non-hydrogen) atoms. The summed E-state index contributed by atoms with van der Waals surface area (Å²) >= 11 is 1.38. The van der Waals surface area contributed by atoms with Gasteiger partial charge in [0.15, 0.2) is 5.69 Å². The monoisotopic (exact) mass is 496 g/mol. The van der Waals surface area contributed by atoms with Crippen LogP contribution in [0.5, 0.6) is 0 Å². The number of nitrogens with zero attached hydrogens (tertiary/aromatic N) is 2.